The lowest BCUT2D eigenvalue weighted by Crippen LogP contribution is -2.57. The minimum absolute atomic E-state index is 0.125. The third-order valence-electron chi connectivity index (χ3n) is 15.7. The third kappa shape index (κ3) is 3.69. The number of benzene rings is 5. The fraction of sp³-hybridized carbons (Fsp3) is 0.269. The highest BCUT2D eigenvalue weighted by molar-refractivity contribution is 6.26. The number of carbonyl (C=O) groups is 4. The first kappa shape index (κ1) is 34.3. The van der Waals surface area contributed by atoms with Crippen molar-refractivity contribution in [3.05, 3.63) is 175 Å². The minimum atomic E-state index is -0.851. The number of carbonyl (C=O) groups excluding carboxylic acids is 4. The highest BCUT2D eigenvalue weighted by Crippen LogP contribution is 2.71. The zero-order valence-electron chi connectivity index (χ0n) is 33.3. The summed E-state index contributed by atoms with van der Waals surface area (Å²) >= 11 is 0. The number of Topliss-reactive ketones (excluding diaryl/α,β-unsaturated/α-hetero) is 4. The van der Waals surface area contributed by atoms with Crippen molar-refractivity contribution < 1.29 is 38.1 Å². The maximum absolute atomic E-state index is 15.9. The van der Waals surface area contributed by atoms with E-state index in [1.165, 1.54) is 0 Å². The average molecular weight is 791 g/mol. The fourth-order valence-electron chi connectivity index (χ4n) is 13.9. The van der Waals surface area contributed by atoms with Crippen LogP contribution in [-0.2, 0) is 19.2 Å². The Morgan fingerprint density at radius 1 is 0.317 bits per heavy atom. The smallest absolute Gasteiger partial charge is 0.165 e. The van der Waals surface area contributed by atoms with Crippen LogP contribution >= 0.6 is 0 Å². The molecule has 0 heterocycles. The molecule has 294 valence electrons. The molecule has 8 nitrogen and oxygen atoms in total. The van der Waals surface area contributed by atoms with Gasteiger partial charge in [-0.3, -0.25) is 19.2 Å². The van der Waals surface area contributed by atoms with E-state index in [2.05, 4.69) is 24.3 Å². The molecule has 10 atom stereocenters. The van der Waals surface area contributed by atoms with Crippen molar-refractivity contribution in [3.8, 4) is 23.0 Å². The van der Waals surface area contributed by atoms with Gasteiger partial charge in [0.25, 0.3) is 0 Å². The van der Waals surface area contributed by atoms with Crippen LogP contribution in [0.3, 0.4) is 0 Å². The van der Waals surface area contributed by atoms with Crippen molar-refractivity contribution in [2.45, 2.75) is 35.5 Å². The first-order chi connectivity index (χ1) is 29.4. The summed E-state index contributed by atoms with van der Waals surface area (Å²) in [6.45, 7) is 0. The van der Waals surface area contributed by atoms with Gasteiger partial charge in [-0.15, -0.1) is 0 Å². The van der Waals surface area contributed by atoms with Crippen LogP contribution in [0.25, 0.3) is 0 Å². The molecule has 11 aliphatic carbocycles. The predicted octanol–water partition coefficient (Wildman–Crippen LogP) is 7.86. The standard InChI is InChI=1S/C52H38O8/c1-57-27-17-18-28(58-2)38-32-22-12-6-5-11-21(22)31(37(27)38)41-42(32)50(54)46-36-26-16-10-9-15-25(26)35(45(46)49(41)53)47-48(36)52(56)44-34-24-14-8-7-13-23(24)33(43(44)51(47)55)39-29(59-3)19-20-30(60-4)40(34)39/h5-20,31-36,41-44H,1-4H3/t31?,32?,33?,34?,35?,36?,41-,42-,43-,44+/m1/s1. The summed E-state index contributed by atoms with van der Waals surface area (Å²) in [7, 11) is 6.53. The molecule has 8 heteroatoms. The van der Waals surface area contributed by atoms with Crippen LogP contribution in [0.2, 0.25) is 0 Å². The molecule has 0 fully saturated rings. The Morgan fingerprint density at radius 2 is 0.533 bits per heavy atom. The summed E-state index contributed by atoms with van der Waals surface area (Å²) < 4.78 is 24.0. The van der Waals surface area contributed by atoms with Gasteiger partial charge in [0.2, 0.25) is 0 Å². The molecule has 60 heavy (non-hydrogen) atoms. The Labute approximate surface area is 345 Å². The zero-order valence-corrected chi connectivity index (χ0v) is 33.3. The summed E-state index contributed by atoms with van der Waals surface area (Å²) in [4.78, 5) is 63.7. The Balaban J connectivity index is 1.04. The number of ketones is 4. The fourth-order valence-corrected chi connectivity index (χ4v) is 13.9. The summed E-state index contributed by atoms with van der Waals surface area (Å²) in [5.41, 5.74) is 10.7. The summed E-state index contributed by atoms with van der Waals surface area (Å²) in [6.07, 6.45) is 0. The second-order valence-electron chi connectivity index (χ2n) is 17.5. The van der Waals surface area contributed by atoms with Gasteiger partial charge in [0.15, 0.2) is 23.1 Å². The van der Waals surface area contributed by atoms with E-state index in [1.54, 1.807) is 28.4 Å². The summed E-state index contributed by atoms with van der Waals surface area (Å²) in [6, 6.07) is 31.5. The van der Waals surface area contributed by atoms with E-state index in [0.717, 1.165) is 55.6 Å². The molecular weight excluding hydrogens is 753 g/mol. The normalized spacial score (nSPS) is 30.0. The quantitative estimate of drug-likeness (QED) is 0.181. The average Bonchev–Trinajstić information content (AvgIpc) is 3.30. The molecule has 16 rings (SSSR count). The molecule has 0 amide bonds. The molecule has 11 aliphatic rings. The van der Waals surface area contributed by atoms with Crippen molar-refractivity contribution in [1.29, 1.82) is 0 Å². The number of ether oxygens (including phenoxy) is 4. The molecular formula is C52H38O8. The monoisotopic (exact) mass is 790 g/mol. The van der Waals surface area contributed by atoms with Crippen LogP contribution in [0.4, 0.5) is 0 Å². The molecule has 5 aromatic carbocycles. The molecule has 6 bridgehead atoms. The van der Waals surface area contributed by atoms with Crippen LogP contribution in [0, 0.1) is 23.7 Å². The largest absolute Gasteiger partial charge is 0.496 e. The van der Waals surface area contributed by atoms with Gasteiger partial charge in [0, 0.05) is 104 Å². The maximum atomic E-state index is 15.9. The van der Waals surface area contributed by atoms with E-state index in [4.69, 9.17) is 18.9 Å². The van der Waals surface area contributed by atoms with Gasteiger partial charge >= 0.3 is 0 Å². The first-order valence-corrected chi connectivity index (χ1v) is 20.8. The molecule has 0 aliphatic heterocycles. The molecule has 0 spiro atoms. The first-order valence-electron chi connectivity index (χ1n) is 20.8. The van der Waals surface area contributed by atoms with Gasteiger partial charge in [-0.05, 0) is 57.6 Å². The van der Waals surface area contributed by atoms with Crippen LogP contribution < -0.4 is 18.9 Å². The van der Waals surface area contributed by atoms with Crippen molar-refractivity contribution >= 4 is 23.1 Å². The van der Waals surface area contributed by atoms with E-state index < -0.39 is 59.2 Å². The van der Waals surface area contributed by atoms with Gasteiger partial charge < -0.3 is 18.9 Å². The molecule has 0 saturated heterocycles. The second kappa shape index (κ2) is 11.6. The highest BCUT2D eigenvalue weighted by atomic mass is 16.5. The maximum Gasteiger partial charge on any atom is 0.165 e. The Morgan fingerprint density at radius 3 is 0.750 bits per heavy atom. The van der Waals surface area contributed by atoms with Gasteiger partial charge in [0.1, 0.15) is 23.0 Å². The second-order valence-corrected chi connectivity index (χ2v) is 17.5. The summed E-state index contributed by atoms with van der Waals surface area (Å²) in [5.74, 6) is -4.48. The Kier molecular flexibility index (Phi) is 6.63. The molecule has 0 saturated carbocycles. The lowest BCUT2D eigenvalue weighted by Gasteiger charge is -2.57. The van der Waals surface area contributed by atoms with E-state index in [-0.39, 0.29) is 23.1 Å². The molecule has 0 radical (unpaired) electrons. The van der Waals surface area contributed by atoms with Crippen molar-refractivity contribution in [2.24, 2.45) is 23.7 Å². The van der Waals surface area contributed by atoms with Gasteiger partial charge in [-0.2, -0.15) is 0 Å². The van der Waals surface area contributed by atoms with Crippen LogP contribution in [0.1, 0.15) is 91.1 Å². The van der Waals surface area contributed by atoms with E-state index >= 15 is 19.2 Å². The number of rotatable bonds is 4. The highest BCUT2D eigenvalue weighted by Gasteiger charge is 2.68. The topological polar surface area (TPSA) is 105 Å². The van der Waals surface area contributed by atoms with Gasteiger partial charge in [-0.25, -0.2) is 0 Å². The number of methoxy groups -OCH3 is 4. The van der Waals surface area contributed by atoms with Crippen molar-refractivity contribution in [1.82, 2.24) is 0 Å². The van der Waals surface area contributed by atoms with E-state index in [1.807, 2.05) is 72.8 Å². The van der Waals surface area contributed by atoms with E-state index in [9.17, 15) is 0 Å². The van der Waals surface area contributed by atoms with E-state index in [0.29, 0.717) is 45.3 Å². The van der Waals surface area contributed by atoms with Crippen LogP contribution in [-0.4, -0.2) is 51.6 Å². The van der Waals surface area contributed by atoms with Crippen LogP contribution in [0.5, 0.6) is 23.0 Å². The van der Waals surface area contributed by atoms with Crippen molar-refractivity contribution in [3.63, 3.8) is 0 Å². The Bertz CT molecular complexity index is 2610. The van der Waals surface area contributed by atoms with Gasteiger partial charge in [0.05, 0.1) is 28.4 Å². The number of allylic oxidation sites excluding steroid dienone is 4. The third-order valence-corrected chi connectivity index (χ3v) is 15.7. The number of hydrogen-bond acceptors (Lipinski definition) is 8. The minimum Gasteiger partial charge on any atom is -0.496 e. The number of hydrogen-bond donors (Lipinski definition) is 0. The molecule has 0 N–H and O–H groups in total. The zero-order chi connectivity index (χ0) is 40.6. The lowest BCUT2D eigenvalue weighted by atomic mass is 9.43. The van der Waals surface area contributed by atoms with Crippen molar-refractivity contribution in [2.75, 3.05) is 28.4 Å². The van der Waals surface area contributed by atoms with Gasteiger partial charge in [-0.1, -0.05) is 72.8 Å². The molecule has 5 aromatic rings. The lowest BCUT2D eigenvalue weighted by molar-refractivity contribution is -0.135. The molecule has 6 unspecified atom stereocenters. The molecule has 0 aromatic heterocycles. The predicted molar refractivity (Wildman–Crippen MR) is 219 cm³/mol. The van der Waals surface area contributed by atoms with Crippen LogP contribution in [0.15, 0.2) is 119 Å². The summed E-state index contributed by atoms with van der Waals surface area (Å²) in [5, 5.41) is 0. The Hall–Kier alpha value is -6.54. The SMILES string of the molecule is COc1ccc(OC)c2c1C1c3ccccc3C2[C@H]2C(=O)C3=C(C(=O)[C@H]12)C1C2=C(C(=O)[C@H]4C5c6ccccc6C(c6c(OC)ccc(OC)c65)[C@H]4C2=O)C3c2ccccc21.